The molecule has 2 aromatic carbocycles. The van der Waals surface area contributed by atoms with E-state index in [-0.39, 0.29) is 0 Å². The van der Waals surface area contributed by atoms with E-state index in [2.05, 4.69) is 20.8 Å². The number of benzene rings is 2. The van der Waals surface area contributed by atoms with Crippen LogP contribution in [0.3, 0.4) is 0 Å². The van der Waals surface area contributed by atoms with Crippen LogP contribution in [0.4, 0.5) is 0 Å². The van der Waals surface area contributed by atoms with Gasteiger partial charge in [-0.1, -0.05) is 53.7 Å². The highest BCUT2D eigenvalue weighted by atomic mass is 35.5. The minimum absolute atomic E-state index is 0.322. The summed E-state index contributed by atoms with van der Waals surface area (Å²) in [5.74, 6) is 2.12. The molecule has 0 amide bonds. The Kier molecular flexibility index (Phi) is 5.33. The van der Waals surface area contributed by atoms with E-state index >= 15 is 0 Å². The summed E-state index contributed by atoms with van der Waals surface area (Å²) in [4.78, 5) is 0. The third kappa shape index (κ3) is 4.10. The van der Waals surface area contributed by atoms with Gasteiger partial charge in [-0.2, -0.15) is 5.26 Å². The Bertz CT molecular complexity index is 994. The topological polar surface area (TPSA) is 63.7 Å². The summed E-state index contributed by atoms with van der Waals surface area (Å²) in [5, 5.41) is 19.4. The molecule has 1 aromatic heterocycles. The van der Waals surface area contributed by atoms with Crippen LogP contribution in [0.15, 0.2) is 53.7 Å². The Labute approximate surface area is 166 Å². The van der Waals surface area contributed by atoms with Gasteiger partial charge in [0.15, 0.2) is 11.0 Å². The Hall–Kier alpha value is -2.49. The molecule has 7 heteroatoms. The first-order valence-corrected chi connectivity index (χ1v) is 10.0. The van der Waals surface area contributed by atoms with Crippen molar-refractivity contribution in [3.8, 4) is 11.8 Å². The van der Waals surface area contributed by atoms with Crippen LogP contribution in [0.5, 0.6) is 5.75 Å². The maximum Gasteiger partial charge on any atom is 0.191 e. The molecule has 3 aromatic rings. The van der Waals surface area contributed by atoms with Crippen LogP contribution in [-0.2, 0) is 12.4 Å². The van der Waals surface area contributed by atoms with Crippen LogP contribution >= 0.6 is 23.4 Å². The molecule has 5 nitrogen and oxygen atoms in total. The van der Waals surface area contributed by atoms with Gasteiger partial charge >= 0.3 is 0 Å². The van der Waals surface area contributed by atoms with E-state index in [0.29, 0.717) is 34.7 Å². The van der Waals surface area contributed by atoms with E-state index in [9.17, 15) is 5.26 Å². The molecular formula is C20H17ClN4OS. The van der Waals surface area contributed by atoms with E-state index in [1.807, 2.05) is 42.5 Å². The first-order valence-electron chi connectivity index (χ1n) is 8.68. The minimum Gasteiger partial charge on any atom is -0.484 e. The molecule has 1 heterocycles. The van der Waals surface area contributed by atoms with Crippen LogP contribution in [0.1, 0.15) is 35.8 Å². The van der Waals surface area contributed by atoms with Gasteiger partial charge in [-0.05, 0) is 36.6 Å². The van der Waals surface area contributed by atoms with Gasteiger partial charge < -0.3 is 4.74 Å². The first-order chi connectivity index (χ1) is 13.3. The Morgan fingerprint density at radius 3 is 2.70 bits per heavy atom. The lowest BCUT2D eigenvalue weighted by Gasteiger charge is -2.11. The molecule has 0 radical (unpaired) electrons. The lowest BCUT2D eigenvalue weighted by Crippen LogP contribution is -2.07. The Morgan fingerprint density at radius 1 is 1.15 bits per heavy atom. The number of thioether (sulfide) groups is 1. The second-order valence-electron chi connectivity index (χ2n) is 6.28. The van der Waals surface area contributed by atoms with Crippen molar-refractivity contribution in [1.29, 1.82) is 5.26 Å². The largest absolute Gasteiger partial charge is 0.484 e. The second kappa shape index (κ2) is 8.03. The number of nitrogens with zero attached hydrogens (tertiary/aromatic N) is 4. The average molecular weight is 397 g/mol. The average Bonchev–Trinajstić information content (AvgIpc) is 3.46. The first kappa shape index (κ1) is 17.9. The van der Waals surface area contributed by atoms with Gasteiger partial charge in [0.25, 0.3) is 0 Å². The predicted octanol–water partition coefficient (Wildman–Crippen LogP) is 5.01. The van der Waals surface area contributed by atoms with Gasteiger partial charge in [0.1, 0.15) is 12.4 Å². The SMILES string of the molecule is N#Cc1ccccc1CSc1nnc(COc2ccccc2Cl)n1C1CC1. The molecule has 1 saturated carbocycles. The van der Waals surface area contributed by atoms with Crippen molar-refractivity contribution in [2.24, 2.45) is 0 Å². The van der Waals surface area contributed by atoms with Crippen molar-refractivity contribution >= 4 is 23.4 Å². The molecular weight excluding hydrogens is 380 g/mol. The molecule has 0 bridgehead atoms. The van der Waals surface area contributed by atoms with Crippen molar-refractivity contribution in [3.63, 3.8) is 0 Å². The summed E-state index contributed by atoms with van der Waals surface area (Å²) in [5.41, 5.74) is 1.70. The van der Waals surface area contributed by atoms with Crippen molar-refractivity contribution in [2.45, 2.75) is 36.4 Å². The molecule has 0 N–H and O–H groups in total. The summed E-state index contributed by atoms with van der Waals surface area (Å²) in [6.45, 7) is 0.322. The number of hydrogen-bond acceptors (Lipinski definition) is 5. The maximum absolute atomic E-state index is 9.25. The molecule has 0 atom stereocenters. The third-order valence-corrected chi connectivity index (χ3v) is 5.64. The normalized spacial score (nSPS) is 13.3. The predicted molar refractivity (Wildman–Crippen MR) is 105 cm³/mol. The quantitative estimate of drug-likeness (QED) is 0.525. The molecule has 136 valence electrons. The number of para-hydroxylation sites is 1. The van der Waals surface area contributed by atoms with E-state index < -0.39 is 0 Å². The van der Waals surface area contributed by atoms with E-state index in [0.717, 1.165) is 29.4 Å². The van der Waals surface area contributed by atoms with E-state index in [1.165, 1.54) is 0 Å². The van der Waals surface area contributed by atoms with Crippen LogP contribution < -0.4 is 4.74 Å². The van der Waals surface area contributed by atoms with Crippen LogP contribution in [-0.4, -0.2) is 14.8 Å². The zero-order valence-electron chi connectivity index (χ0n) is 14.5. The second-order valence-corrected chi connectivity index (χ2v) is 7.63. The van der Waals surface area contributed by atoms with Gasteiger partial charge in [0, 0.05) is 11.8 Å². The highest BCUT2D eigenvalue weighted by molar-refractivity contribution is 7.98. The number of hydrogen-bond donors (Lipinski definition) is 0. The van der Waals surface area contributed by atoms with E-state index in [4.69, 9.17) is 16.3 Å². The molecule has 0 spiro atoms. The fourth-order valence-corrected chi connectivity index (χ4v) is 4.02. The van der Waals surface area contributed by atoms with Gasteiger partial charge in [0.2, 0.25) is 0 Å². The summed E-state index contributed by atoms with van der Waals surface area (Å²) in [6.07, 6.45) is 2.25. The monoisotopic (exact) mass is 396 g/mol. The van der Waals surface area contributed by atoms with Crippen LogP contribution in [0, 0.1) is 11.3 Å². The molecule has 27 heavy (non-hydrogen) atoms. The number of halogens is 1. The fraction of sp³-hybridized carbons (Fsp3) is 0.250. The summed E-state index contributed by atoms with van der Waals surface area (Å²) in [7, 11) is 0. The maximum atomic E-state index is 9.25. The van der Waals surface area contributed by atoms with Crippen LogP contribution in [0.2, 0.25) is 5.02 Å². The number of nitriles is 1. The number of rotatable bonds is 7. The molecule has 4 rings (SSSR count). The highest BCUT2D eigenvalue weighted by Gasteiger charge is 2.30. The smallest absolute Gasteiger partial charge is 0.191 e. The number of aromatic nitrogens is 3. The zero-order valence-corrected chi connectivity index (χ0v) is 16.1. The molecule has 0 saturated heterocycles. The molecule has 1 aliphatic rings. The van der Waals surface area contributed by atoms with Crippen molar-refractivity contribution in [3.05, 3.63) is 70.5 Å². The lowest BCUT2D eigenvalue weighted by atomic mass is 10.1. The van der Waals surface area contributed by atoms with Gasteiger partial charge in [-0.15, -0.1) is 10.2 Å². The standard InChI is InChI=1S/C20H17ClN4OS/c21-17-7-3-4-8-18(17)26-12-19-23-24-20(25(19)16-9-10-16)27-13-15-6-2-1-5-14(15)11-22/h1-8,16H,9-10,12-13H2. The summed E-state index contributed by atoms with van der Waals surface area (Å²) >= 11 is 7.76. The molecule has 1 fully saturated rings. The van der Waals surface area contributed by atoms with Gasteiger partial charge in [0.05, 0.1) is 16.7 Å². The minimum atomic E-state index is 0.322. The van der Waals surface area contributed by atoms with Crippen molar-refractivity contribution in [2.75, 3.05) is 0 Å². The lowest BCUT2D eigenvalue weighted by molar-refractivity contribution is 0.288. The van der Waals surface area contributed by atoms with Gasteiger partial charge in [-0.3, -0.25) is 4.57 Å². The summed E-state index contributed by atoms with van der Waals surface area (Å²) in [6, 6.07) is 17.7. The Morgan fingerprint density at radius 2 is 1.93 bits per heavy atom. The van der Waals surface area contributed by atoms with Crippen molar-refractivity contribution < 1.29 is 4.74 Å². The van der Waals surface area contributed by atoms with Gasteiger partial charge in [-0.25, -0.2) is 0 Å². The fourth-order valence-electron chi connectivity index (χ4n) is 2.81. The molecule has 0 unspecified atom stereocenters. The van der Waals surface area contributed by atoms with E-state index in [1.54, 1.807) is 17.8 Å². The molecule has 1 aliphatic carbocycles. The van der Waals surface area contributed by atoms with Crippen LogP contribution in [0.25, 0.3) is 0 Å². The van der Waals surface area contributed by atoms with Crippen molar-refractivity contribution in [1.82, 2.24) is 14.8 Å². The highest BCUT2D eigenvalue weighted by Crippen LogP contribution is 2.39. The zero-order chi connectivity index (χ0) is 18.6. The third-order valence-electron chi connectivity index (χ3n) is 4.34. The number of ether oxygens (including phenoxy) is 1. The Balaban J connectivity index is 1.49. The molecule has 0 aliphatic heterocycles. The summed E-state index contributed by atoms with van der Waals surface area (Å²) < 4.78 is 8.01.